The molecule has 1 N–H and O–H groups in total. The lowest BCUT2D eigenvalue weighted by atomic mass is 9.94. The molecule has 1 aliphatic rings. The van der Waals surface area contributed by atoms with Gasteiger partial charge in [0.15, 0.2) is 5.82 Å². The minimum absolute atomic E-state index is 0.0597. The summed E-state index contributed by atoms with van der Waals surface area (Å²) in [6.07, 6.45) is 2.75. The third-order valence-electron chi connectivity index (χ3n) is 6.07. The van der Waals surface area contributed by atoms with E-state index in [4.69, 9.17) is 4.74 Å². The van der Waals surface area contributed by atoms with Crippen molar-refractivity contribution in [3.05, 3.63) is 52.3 Å². The molecule has 1 saturated heterocycles. The molecule has 1 aromatic carbocycles. The minimum Gasteiger partial charge on any atom is -0.475 e. The van der Waals surface area contributed by atoms with Gasteiger partial charge in [0.1, 0.15) is 0 Å². The highest BCUT2D eigenvalue weighted by Gasteiger charge is 2.29. The Morgan fingerprint density at radius 2 is 1.88 bits per heavy atom. The Kier molecular flexibility index (Phi) is 6.75. The largest absolute Gasteiger partial charge is 0.475 e. The molecular formula is C25H31FN4O3S. The van der Waals surface area contributed by atoms with E-state index in [0.29, 0.717) is 16.6 Å². The Labute approximate surface area is 202 Å². The SMILES string of the molecule is CC(C)Oc1cc(-n2c(=O)n(C(C)C)c3cc(C(=O)NC4(C)CCSCC4)ccc32)c(F)cn1. The molecule has 0 saturated carbocycles. The molecule has 4 rings (SSSR count). The molecule has 1 fully saturated rings. The van der Waals surface area contributed by atoms with Crippen LogP contribution in [0.2, 0.25) is 0 Å². The summed E-state index contributed by atoms with van der Waals surface area (Å²) in [6.45, 7) is 9.54. The second-order valence-electron chi connectivity index (χ2n) is 9.55. The van der Waals surface area contributed by atoms with Crippen molar-refractivity contribution in [2.75, 3.05) is 11.5 Å². The number of benzene rings is 1. The predicted molar refractivity (Wildman–Crippen MR) is 134 cm³/mol. The molecule has 7 nitrogen and oxygen atoms in total. The van der Waals surface area contributed by atoms with Crippen molar-refractivity contribution in [2.24, 2.45) is 0 Å². The van der Waals surface area contributed by atoms with Crippen molar-refractivity contribution < 1.29 is 13.9 Å². The number of thioether (sulfide) groups is 1. The number of aromatic nitrogens is 3. The summed E-state index contributed by atoms with van der Waals surface area (Å²) in [5.41, 5.74) is 0.977. The van der Waals surface area contributed by atoms with Gasteiger partial charge >= 0.3 is 5.69 Å². The van der Waals surface area contributed by atoms with Gasteiger partial charge in [0.2, 0.25) is 5.88 Å². The summed E-state index contributed by atoms with van der Waals surface area (Å²) in [4.78, 5) is 30.6. The Bertz CT molecular complexity index is 1280. The Hall–Kier alpha value is -2.81. The number of hydrogen-bond donors (Lipinski definition) is 1. The van der Waals surface area contributed by atoms with E-state index in [-0.39, 0.29) is 40.8 Å². The second-order valence-corrected chi connectivity index (χ2v) is 10.8. The molecule has 0 bridgehead atoms. The van der Waals surface area contributed by atoms with E-state index >= 15 is 0 Å². The van der Waals surface area contributed by atoms with Crippen LogP contribution in [0.25, 0.3) is 16.7 Å². The van der Waals surface area contributed by atoms with Crippen LogP contribution in [0, 0.1) is 5.82 Å². The smallest absolute Gasteiger partial charge is 0.334 e. The number of ether oxygens (including phenoxy) is 1. The van der Waals surface area contributed by atoms with Crippen LogP contribution in [0.15, 0.2) is 35.3 Å². The molecule has 2 aromatic heterocycles. The Balaban J connectivity index is 1.81. The lowest BCUT2D eigenvalue weighted by Gasteiger charge is -2.34. The topological polar surface area (TPSA) is 78.1 Å². The number of imidazole rings is 1. The maximum absolute atomic E-state index is 14.9. The lowest BCUT2D eigenvalue weighted by molar-refractivity contribution is 0.0901. The predicted octanol–water partition coefficient (Wildman–Crippen LogP) is 4.71. The number of rotatable bonds is 6. The van der Waals surface area contributed by atoms with Crippen LogP contribution < -0.4 is 15.7 Å². The normalized spacial score (nSPS) is 15.8. The summed E-state index contributed by atoms with van der Waals surface area (Å²) in [5, 5.41) is 3.18. The first-order valence-electron chi connectivity index (χ1n) is 11.6. The third kappa shape index (κ3) is 4.71. The molecule has 0 spiro atoms. The molecule has 0 aliphatic carbocycles. The number of carbonyl (C=O) groups is 1. The van der Waals surface area contributed by atoms with Crippen LogP contribution in [0.3, 0.4) is 0 Å². The molecule has 1 aliphatic heterocycles. The number of amides is 1. The first kappa shape index (κ1) is 24.3. The first-order chi connectivity index (χ1) is 16.1. The fourth-order valence-corrected chi connectivity index (χ4v) is 5.67. The van der Waals surface area contributed by atoms with Gasteiger partial charge in [0, 0.05) is 23.2 Å². The molecule has 3 heterocycles. The summed E-state index contributed by atoms with van der Waals surface area (Å²) >= 11 is 1.90. The lowest BCUT2D eigenvalue weighted by Crippen LogP contribution is -2.48. The highest BCUT2D eigenvalue weighted by molar-refractivity contribution is 7.99. The second kappa shape index (κ2) is 9.44. The van der Waals surface area contributed by atoms with Crippen LogP contribution in [0.4, 0.5) is 4.39 Å². The van der Waals surface area contributed by atoms with Crippen LogP contribution in [0.1, 0.15) is 63.9 Å². The van der Waals surface area contributed by atoms with E-state index in [9.17, 15) is 14.0 Å². The minimum atomic E-state index is -0.633. The number of fused-ring (bicyclic) bond motifs is 1. The summed E-state index contributed by atoms with van der Waals surface area (Å²) in [6, 6.07) is 6.34. The Morgan fingerprint density at radius 3 is 2.53 bits per heavy atom. The van der Waals surface area contributed by atoms with Gasteiger partial charge in [0.05, 0.1) is 29.0 Å². The fourth-order valence-electron chi connectivity index (χ4n) is 4.27. The average Bonchev–Trinajstić information content (AvgIpc) is 3.06. The molecular weight excluding hydrogens is 455 g/mol. The molecule has 34 heavy (non-hydrogen) atoms. The zero-order valence-electron chi connectivity index (χ0n) is 20.2. The molecule has 3 aromatic rings. The number of halogens is 1. The number of pyridine rings is 1. The number of carbonyl (C=O) groups excluding carboxylic acids is 1. The van der Waals surface area contributed by atoms with Crippen molar-refractivity contribution in [3.63, 3.8) is 0 Å². The Morgan fingerprint density at radius 1 is 1.18 bits per heavy atom. The van der Waals surface area contributed by atoms with Gasteiger partial charge in [-0.1, -0.05) is 0 Å². The van der Waals surface area contributed by atoms with E-state index in [1.807, 2.05) is 39.5 Å². The molecule has 0 radical (unpaired) electrons. The number of nitrogens with one attached hydrogen (secondary N) is 1. The van der Waals surface area contributed by atoms with E-state index in [1.54, 1.807) is 22.8 Å². The van der Waals surface area contributed by atoms with Gasteiger partial charge in [-0.15, -0.1) is 0 Å². The molecule has 1 amide bonds. The quantitative estimate of drug-likeness (QED) is 0.546. The van der Waals surface area contributed by atoms with Crippen molar-refractivity contribution in [2.45, 2.75) is 65.1 Å². The number of nitrogens with zero attached hydrogens (tertiary/aromatic N) is 3. The van der Waals surface area contributed by atoms with Crippen molar-refractivity contribution >= 4 is 28.7 Å². The van der Waals surface area contributed by atoms with Gasteiger partial charge in [-0.2, -0.15) is 11.8 Å². The molecule has 9 heteroatoms. The van der Waals surface area contributed by atoms with E-state index < -0.39 is 5.82 Å². The third-order valence-corrected chi connectivity index (χ3v) is 7.06. The van der Waals surface area contributed by atoms with Crippen LogP contribution in [0.5, 0.6) is 5.88 Å². The van der Waals surface area contributed by atoms with Gasteiger partial charge in [-0.05, 0) is 77.2 Å². The van der Waals surface area contributed by atoms with Crippen LogP contribution in [-0.2, 0) is 0 Å². The van der Waals surface area contributed by atoms with E-state index in [0.717, 1.165) is 30.5 Å². The maximum atomic E-state index is 14.9. The van der Waals surface area contributed by atoms with Crippen molar-refractivity contribution in [3.8, 4) is 11.6 Å². The van der Waals surface area contributed by atoms with E-state index in [2.05, 4.69) is 17.2 Å². The van der Waals surface area contributed by atoms with Gasteiger partial charge in [-0.3, -0.25) is 13.9 Å². The molecule has 182 valence electrons. The average molecular weight is 487 g/mol. The highest BCUT2D eigenvalue weighted by Crippen LogP contribution is 2.28. The maximum Gasteiger partial charge on any atom is 0.334 e. The van der Waals surface area contributed by atoms with Crippen LogP contribution >= 0.6 is 11.8 Å². The monoisotopic (exact) mass is 486 g/mol. The molecule has 0 atom stereocenters. The van der Waals surface area contributed by atoms with Crippen LogP contribution in [-0.4, -0.2) is 43.2 Å². The van der Waals surface area contributed by atoms with Gasteiger partial charge in [0.25, 0.3) is 5.91 Å². The highest BCUT2D eigenvalue weighted by atomic mass is 32.2. The standard InChI is InChI=1S/C25H31FN4O3S/c1-15(2)29-21-12-17(23(31)28-25(5)8-10-34-11-9-25)6-7-19(21)30(24(29)32)20-13-22(33-16(3)4)27-14-18(20)26/h6-7,12-16H,8-11H2,1-5H3,(H,28,31). The number of hydrogen-bond acceptors (Lipinski definition) is 5. The van der Waals surface area contributed by atoms with Crippen molar-refractivity contribution in [1.29, 1.82) is 0 Å². The zero-order valence-corrected chi connectivity index (χ0v) is 21.0. The molecule has 0 unspecified atom stereocenters. The summed E-state index contributed by atoms with van der Waals surface area (Å²) < 4.78 is 23.4. The van der Waals surface area contributed by atoms with E-state index in [1.165, 1.54) is 10.6 Å². The van der Waals surface area contributed by atoms with Gasteiger partial charge in [-0.25, -0.2) is 14.2 Å². The fraction of sp³-hybridized carbons (Fsp3) is 0.480. The van der Waals surface area contributed by atoms with Crippen molar-refractivity contribution in [1.82, 2.24) is 19.4 Å². The van der Waals surface area contributed by atoms with Gasteiger partial charge < -0.3 is 10.1 Å². The summed E-state index contributed by atoms with van der Waals surface area (Å²) in [5.74, 6) is 1.47. The summed E-state index contributed by atoms with van der Waals surface area (Å²) in [7, 11) is 0. The first-order valence-corrected chi connectivity index (χ1v) is 12.7. The zero-order chi connectivity index (χ0) is 24.6.